The van der Waals surface area contributed by atoms with Crippen molar-refractivity contribution in [2.45, 2.75) is 25.0 Å². The quantitative estimate of drug-likeness (QED) is 0.721. The van der Waals surface area contributed by atoms with Crippen LogP contribution in [0.15, 0.2) is 42.5 Å². The monoisotopic (exact) mass is 354 g/mol. The van der Waals surface area contributed by atoms with Crippen molar-refractivity contribution in [1.29, 1.82) is 0 Å². The molecule has 3 aliphatic heterocycles. The Hall–Kier alpha value is -2.47. The predicted molar refractivity (Wildman–Crippen MR) is 97.0 cm³/mol. The summed E-state index contributed by atoms with van der Waals surface area (Å²) in [7, 11) is 2.05. The maximum atomic E-state index is 14.0. The number of piperazine rings is 1. The zero-order valence-corrected chi connectivity index (χ0v) is 14.6. The first-order valence-corrected chi connectivity index (χ1v) is 8.96. The smallest absolute Gasteiger partial charge is 0.206 e. The van der Waals surface area contributed by atoms with Crippen LogP contribution in [-0.4, -0.2) is 39.6 Å². The number of imidazole rings is 1. The topological polar surface area (TPSA) is 24.3 Å². The number of para-hydroxylation sites is 2. The molecule has 0 radical (unpaired) electrons. The average Bonchev–Trinajstić information content (AvgIpc) is 2.99. The minimum absolute atomic E-state index is 0.330. The molecule has 0 spiro atoms. The van der Waals surface area contributed by atoms with Crippen LogP contribution in [0.3, 0.4) is 0 Å². The highest BCUT2D eigenvalue weighted by atomic mass is 19.1. The number of aromatic nitrogens is 2. The number of rotatable bonds is 3. The maximum Gasteiger partial charge on any atom is 0.206 e. The summed E-state index contributed by atoms with van der Waals surface area (Å²) in [5, 5.41) is 0. The Kier molecular flexibility index (Phi) is 3.50. The van der Waals surface area contributed by atoms with Crippen LogP contribution >= 0.6 is 0 Å². The van der Waals surface area contributed by atoms with Crippen molar-refractivity contribution >= 4 is 17.0 Å². The van der Waals surface area contributed by atoms with E-state index in [0.717, 1.165) is 36.5 Å². The second-order valence-electron chi connectivity index (χ2n) is 7.32. The van der Waals surface area contributed by atoms with Gasteiger partial charge in [0.15, 0.2) is 0 Å². The Morgan fingerprint density at radius 1 is 1.08 bits per heavy atom. The summed E-state index contributed by atoms with van der Waals surface area (Å²) >= 11 is 0. The number of benzene rings is 2. The molecule has 0 aliphatic carbocycles. The van der Waals surface area contributed by atoms with Gasteiger partial charge in [0.1, 0.15) is 11.6 Å². The van der Waals surface area contributed by atoms with E-state index in [2.05, 4.69) is 20.4 Å². The van der Waals surface area contributed by atoms with E-state index in [0.29, 0.717) is 24.2 Å². The molecule has 3 saturated heterocycles. The van der Waals surface area contributed by atoms with Crippen LogP contribution in [-0.2, 0) is 13.6 Å². The number of fused-ring (bicyclic) bond motifs is 3. The van der Waals surface area contributed by atoms with Gasteiger partial charge in [-0.15, -0.1) is 0 Å². The third-order valence-electron chi connectivity index (χ3n) is 5.75. The minimum Gasteiger partial charge on any atom is -0.339 e. The summed E-state index contributed by atoms with van der Waals surface area (Å²) in [6.45, 7) is 2.20. The molecule has 3 aliphatic rings. The van der Waals surface area contributed by atoms with Gasteiger partial charge in [-0.05, 0) is 36.8 Å². The molecule has 2 atom stereocenters. The second kappa shape index (κ2) is 5.77. The lowest BCUT2D eigenvalue weighted by Gasteiger charge is -2.56. The summed E-state index contributed by atoms with van der Waals surface area (Å²) in [5.41, 5.74) is 2.57. The highest BCUT2D eigenvalue weighted by Crippen LogP contribution is 2.36. The standard InChI is InChI=1S/C20H20F2N4/c1-24-19-5-3-2-4-18(19)23-20(24)25-11-15-9-16(12-25)26(15)10-13-8-14(21)6-7-17(13)22/h2-8,15-16H,9-12H2,1H3. The molecule has 2 unspecified atom stereocenters. The van der Waals surface area contributed by atoms with Crippen molar-refractivity contribution in [3.05, 3.63) is 59.7 Å². The lowest BCUT2D eigenvalue weighted by molar-refractivity contribution is -0.00992. The van der Waals surface area contributed by atoms with Gasteiger partial charge in [-0.25, -0.2) is 13.8 Å². The normalized spacial score (nSPS) is 22.7. The Morgan fingerprint density at radius 2 is 1.85 bits per heavy atom. The Bertz CT molecular complexity index is 971. The van der Waals surface area contributed by atoms with E-state index >= 15 is 0 Å². The highest BCUT2D eigenvalue weighted by Gasteiger charge is 2.45. The van der Waals surface area contributed by atoms with E-state index in [4.69, 9.17) is 4.98 Å². The second-order valence-corrected chi connectivity index (χ2v) is 7.32. The lowest BCUT2D eigenvalue weighted by Crippen LogP contribution is -2.68. The first kappa shape index (κ1) is 15.8. The maximum absolute atomic E-state index is 14.0. The molecule has 1 aromatic heterocycles. The molecule has 4 heterocycles. The molecule has 6 rings (SSSR count). The Labute approximate surface area is 150 Å². The first-order valence-electron chi connectivity index (χ1n) is 8.96. The fourth-order valence-corrected chi connectivity index (χ4v) is 4.39. The number of anilines is 1. The molecule has 6 heteroatoms. The van der Waals surface area contributed by atoms with Gasteiger partial charge < -0.3 is 9.47 Å². The summed E-state index contributed by atoms with van der Waals surface area (Å²) in [5.74, 6) is 0.273. The van der Waals surface area contributed by atoms with Gasteiger partial charge in [0, 0.05) is 44.3 Å². The van der Waals surface area contributed by atoms with Crippen LogP contribution in [0, 0.1) is 11.6 Å². The van der Waals surface area contributed by atoms with Gasteiger partial charge in [0.05, 0.1) is 11.0 Å². The van der Waals surface area contributed by atoms with Gasteiger partial charge in [-0.1, -0.05) is 12.1 Å². The van der Waals surface area contributed by atoms with Crippen LogP contribution < -0.4 is 4.90 Å². The third-order valence-corrected chi connectivity index (χ3v) is 5.75. The predicted octanol–water partition coefficient (Wildman–Crippen LogP) is 3.31. The van der Waals surface area contributed by atoms with Gasteiger partial charge in [0.25, 0.3) is 0 Å². The van der Waals surface area contributed by atoms with Gasteiger partial charge in [0.2, 0.25) is 5.95 Å². The number of hydrogen-bond donors (Lipinski definition) is 0. The molecule has 2 aromatic carbocycles. The first-order chi connectivity index (χ1) is 12.6. The van der Waals surface area contributed by atoms with E-state index in [9.17, 15) is 8.78 Å². The van der Waals surface area contributed by atoms with Crippen molar-refractivity contribution in [2.24, 2.45) is 7.05 Å². The third kappa shape index (κ3) is 2.40. The molecule has 26 heavy (non-hydrogen) atoms. The lowest BCUT2D eigenvalue weighted by atomic mass is 9.87. The van der Waals surface area contributed by atoms with Crippen molar-refractivity contribution in [2.75, 3.05) is 18.0 Å². The Balaban J connectivity index is 1.35. The summed E-state index contributed by atoms with van der Waals surface area (Å²) in [6.07, 6.45) is 1.11. The average molecular weight is 354 g/mol. The largest absolute Gasteiger partial charge is 0.339 e. The van der Waals surface area contributed by atoms with Crippen molar-refractivity contribution < 1.29 is 8.78 Å². The van der Waals surface area contributed by atoms with Gasteiger partial charge in [-0.2, -0.15) is 0 Å². The molecule has 134 valence electrons. The van der Waals surface area contributed by atoms with Crippen molar-refractivity contribution in [3.8, 4) is 0 Å². The van der Waals surface area contributed by atoms with E-state index < -0.39 is 0 Å². The van der Waals surface area contributed by atoms with E-state index in [1.807, 2.05) is 25.2 Å². The zero-order valence-electron chi connectivity index (χ0n) is 14.6. The fourth-order valence-electron chi connectivity index (χ4n) is 4.39. The number of aryl methyl sites for hydroxylation is 1. The summed E-state index contributed by atoms with van der Waals surface area (Å²) < 4.78 is 29.5. The van der Waals surface area contributed by atoms with Crippen LogP contribution in [0.25, 0.3) is 11.0 Å². The van der Waals surface area contributed by atoms with Crippen LogP contribution in [0.5, 0.6) is 0 Å². The van der Waals surface area contributed by atoms with Gasteiger partial charge >= 0.3 is 0 Å². The molecular formula is C20H20F2N4. The Morgan fingerprint density at radius 3 is 2.62 bits per heavy atom. The van der Waals surface area contributed by atoms with Crippen LogP contribution in [0.1, 0.15) is 12.0 Å². The molecule has 0 N–H and O–H groups in total. The summed E-state index contributed by atoms with van der Waals surface area (Å²) in [4.78, 5) is 9.39. The molecule has 2 bridgehead atoms. The SMILES string of the molecule is Cn1c(N2CC3CC(C2)N3Cc2cc(F)ccc2F)nc2ccccc21. The number of hydrogen-bond acceptors (Lipinski definition) is 3. The summed E-state index contributed by atoms with van der Waals surface area (Å²) in [6, 6.07) is 12.5. The molecule has 3 fully saturated rings. The van der Waals surface area contributed by atoms with Crippen molar-refractivity contribution in [1.82, 2.24) is 14.5 Å². The molecule has 3 aromatic rings. The fraction of sp³-hybridized carbons (Fsp3) is 0.350. The van der Waals surface area contributed by atoms with E-state index in [1.165, 1.54) is 18.2 Å². The number of halogens is 2. The van der Waals surface area contributed by atoms with E-state index in [-0.39, 0.29) is 11.6 Å². The highest BCUT2D eigenvalue weighted by molar-refractivity contribution is 5.78. The van der Waals surface area contributed by atoms with E-state index in [1.54, 1.807) is 0 Å². The van der Waals surface area contributed by atoms with Crippen molar-refractivity contribution in [3.63, 3.8) is 0 Å². The molecule has 4 nitrogen and oxygen atoms in total. The zero-order chi connectivity index (χ0) is 17.8. The van der Waals surface area contributed by atoms with Gasteiger partial charge in [-0.3, -0.25) is 4.90 Å². The minimum atomic E-state index is -0.381. The number of piperidine rings is 1. The van der Waals surface area contributed by atoms with Crippen LogP contribution in [0.4, 0.5) is 14.7 Å². The molecule has 0 amide bonds. The molecule has 0 saturated carbocycles. The van der Waals surface area contributed by atoms with Crippen LogP contribution in [0.2, 0.25) is 0 Å². The number of nitrogens with zero attached hydrogens (tertiary/aromatic N) is 4. The molecular weight excluding hydrogens is 334 g/mol.